The Balaban J connectivity index is 0.000000452. The molecule has 0 aromatic carbocycles. The van der Waals surface area contributed by atoms with Crippen molar-refractivity contribution in [1.82, 2.24) is 5.43 Å². The lowest BCUT2D eigenvalue weighted by Gasteiger charge is -2.12. The number of hydrogen-bond donors (Lipinski definition) is 4. The number of carboxylic acid groups (broad SMARTS) is 2. The van der Waals surface area contributed by atoms with E-state index in [0.717, 1.165) is 6.54 Å². The van der Waals surface area contributed by atoms with Gasteiger partial charge in [0.25, 0.3) is 0 Å². The van der Waals surface area contributed by atoms with E-state index in [2.05, 4.69) is 11.5 Å². The van der Waals surface area contributed by atoms with Gasteiger partial charge in [0.2, 0.25) is 0 Å². The molecule has 31 heavy (non-hydrogen) atoms. The highest BCUT2D eigenvalue weighted by Crippen LogP contribution is 2.20. The molecule has 0 bridgehead atoms. The van der Waals surface area contributed by atoms with Gasteiger partial charge in [0.05, 0.1) is 12.1 Å². The molecule has 0 saturated carbocycles. The van der Waals surface area contributed by atoms with Crippen LogP contribution in [0.5, 0.6) is 0 Å². The number of hydrazone groups is 1. The van der Waals surface area contributed by atoms with E-state index < -0.39 is 24.5 Å². The summed E-state index contributed by atoms with van der Waals surface area (Å²) < 4.78 is 0. The lowest BCUT2D eigenvalue weighted by Crippen LogP contribution is -2.22. The lowest BCUT2D eigenvalue weighted by molar-refractivity contribution is -0.152. The fraction of sp³-hybridized carbons (Fsp3) is 0.792. The summed E-state index contributed by atoms with van der Waals surface area (Å²) in [6, 6.07) is 0. The number of aliphatic hydroxyl groups excluding tert-OH is 1. The molecule has 0 radical (unpaired) electrons. The van der Waals surface area contributed by atoms with Gasteiger partial charge in [0.15, 0.2) is 6.10 Å². The van der Waals surface area contributed by atoms with Gasteiger partial charge in [0.1, 0.15) is 0 Å². The maximum atomic E-state index is 9.72. The Kier molecular flexibility index (Phi) is 15.5. The van der Waals surface area contributed by atoms with E-state index in [1.54, 1.807) is 5.57 Å². The van der Waals surface area contributed by atoms with Crippen molar-refractivity contribution in [3.8, 4) is 0 Å². The summed E-state index contributed by atoms with van der Waals surface area (Å²) in [5.74, 6) is -2.85. The number of allylic oxidation sites excluding steroid dienone is 2. The summed E-state index contributed by atoms with van der Waals surface area (Å²) in [7, 11) is 0. The monoisotopic (exact) mass is 438 g/mol. The minimum atomic E-state index is -1.79. The molecule has 1 atom stereocenters. The Hall–Kier alpha value is -1.89. The van der Waals surface area contributed by atoms with Crippen molar-refractivity contribution in [3.05, 3.63) is 11.6 Å². The molecule has 1 aliphatic carbocycles. The van der Waals surface area contributed by atoms with E-state index >= 15 is 0 Å². The van der Waals surface area contributed by atoms with E-state index in [0.29, 0.717) is 0 Å². The first-order valence-corrected chi connectivity index (χ1v) is 12.1. The van der Waals surface area contributed by atoms with Gasteiger partial charge in [0, 0.05) is 6.54 Å². The molecule has 0 aromatic rings. The summed E-state index contributed by atoms with van der Waals surface area (Å²) in [6.07, 6.45) is 21.6. The van der Waals surface area contributed by atoms with Crippen LogP contribution in [0.25, 0.3) is 0 Å². The van der Waals surface area contributed by atoms with Gasteiger partial charge in [-0.25, -0.2) is 4.79 Å². The third kappa shape index (κ3) is 14.7. The molecular weight excluding hydrogens is 396 g/mol. The van der Waals surface area contributed by atoms with Crippen LogP contribution in [0.15, 0.2) is 16.8 Å². The lowest BCUT2D eigenvalue weighted by atomic mass is 9.97. The molecule has 0 saturated heterocycles. The highest BCUT2D eigenvalue weighted by Gasteiger charge is 2.16. The number of rotatable bonds is 4. The van der Waals surface area contributed by atoms with E-state index in [4.69, 9.17) is 20.4 Å². The van der Waals surface area contributed by atoms with Crippen molar-refractivity contribution in [2.24, 2.45) is 5.10 Å². The zero-order chi connectivity index (χ0) is 22.7. The average molecular weight is 439 g/mol. The molecule has 0 fully saturated rings. The molecule has 1 heterocycles. The largest absolute Gasteiger partial charge is 0.481 e. The third-order valence-electron chi connectivity index (χ3n) is 5.73. The van der Waals surface area contributed by atoms with Crippen molar-refractivity contribution in [2.75, 3.05) is 6.54 Å². The minimum Gasteiger partial charge on any atom is -0.481 e. The van der Waals surface area contributed by atoms with Gasteiger partial charge in [-0.3, -0.25) is 4.79 Å². The van der Waals surface area contributed by atoms with Crippen LogP contribution >= 0.6 is 0 Å². The molecule has 0 aromatic heterocycles. The Labute approximate surface area is 187 Å². The van der Waals surface area contributed by atoms with E-state index in [1.165, 1.54) is 108 Å². The van der Waals surface area contributed by atoms with Crippen molar-refractivity contribution in [3.63, 3.8) is 0 Å². The van der Waals surface area contributed by atoms with Gasteiger partial charge >= 0.3 is 11.9 Å². The number of carbonyl (C=O) groups is 2. The van der Waals surface area contributed by atoms with Gasteiger partial charge in [-0.15, -0.1) is 0 Å². The second-order valence-electron chi connectivity index (χ2n) is 8.53. The maximum Gasteiger partial charge on any atom is 0.333 e. The Morgan fingerprint density at radius 1 is 0.839 bits per heavy atom. The average Bonchev–Trinajstić information content (AvgIpc) is 2.83. The summed E-state index contributed by atoms with van der Waals surface area (Å²) in [6.45, 7) is 1.05. The van der Waals surface area contributed by atoms with Crippen molar-refractivity contribution in [1.29, 1.82) is 0 Å². The summed E-state index contributed by atoms with van der Waals surface area (Å²) in [5, 5.41) is 28.9. The fourth-order valence-electron chi connectivity index (χ4n) is 3.88. The summed E-state index contributed by atoms with van der Waals surface area (Å²) in [5.41, 5.74) is 6.29. The fourth-order valence-corrected chi connectivity index (χ4v) is 3.88. The Morgan fingerprint density at radius 3 is 1.97 bits per heavy atom. The summed E-state index contributed by atoms with van der Waals surface area (Å²) in [4.78, 5) is 19.4. The molecule has 0 amide bonds. The number of aliphatic hydroxyl groups is 1. The van der Waals surface area contributed by atoms with Crippen LogP contribution in [-0.4, -0.2) is 45.6 Å². The Bertz CT molecular complexity index is 540. The smallest absolute Gasteiger partial charge is 0.333 e. The van der Waals surface area contributed by atoms with Gasteiger partial charge in [-0.2, -0.15) is 5.10 Å². The van der Waals surface area contributed by atoms with Crippen molar-refractivity contribution < 1.29 is 24.9 Å². The number of hydrogen-bond acceptors (Lipinski definition) is 5. The first kappa shape index (κ1) is 27.1. The standard InChI is InChI=1S/C20H36N2.C4H6O5/c1-2-4-8-12-16-19(15-11-7-3-1)20-17-13-9-5-6-10-14-18-21-22-20;5-2(4(8)9)1-3(6)7/h15,21H,1-14,16-18H2;2,5H,1H2,(H,6,7)(H,8,9)/b19-15+,22-20-;. The van der Waals surface area contributed by atoms with Crippen LogP contribution < -0.4 is 5.43 Å². The highest BCUT2D eigenvalue weighted by molar-refractivity contribution is 5.99. The van der Waals surface area contributed by atoms with Crippen LogP contribution in [-0.2, 0) is 9.59 Å². The molecule has 4 N–H and O–H groups in total. The second kappa shape index (κ2) is 17.8. The number of nitrogens with zero attached hydrogens (tertiary/aromatic N) is 1. The SMILES string of the molecule is C1=C(/C2=N\NCCCCCCCC2)CCCCCCCCC/1.O=C(O)CC(O)C(=O)O. The number of nitrogens with one attached hydrogen (secondary N) is 1. The molecule has 7 nitrogen and oxygen atoms in total. The normalized spacial score (nSPS) is 24.0. The number of carboxylic acids is 2. The summed E-state index contributed by atoms with van der Waals surface area (Å²) >= 11 is 0. The molecule has 0 spiro atoms. The molecule has 178 valence electrons. The second-order valence-corrected chi connectivity index (χ2v) is 8.53. The molecular formula is C24H42N2O5. The first-order chi connectivity index (χ1) is 15.0. The minimum absolute atomic E-state index is 0.755. The van der Waals surface area contributed by atoms with Crippen LogP contribution in [0.2, 0.25) is 0 Å². The van der Waals surface area contributed by atoms with Crippen LogP contribution in [0.4, 0.5) is 0 Å². The zero-order valence-corrected chi connectivity index (χ0v) is 19.0. The van der Waals surface area contributed by atoms with Gasteiger partial charge < -0.3 is 20.7 Å². The zero-order valence-electron chi connectivity index (χ0n) is 19.0. The predicted octanol–water partition coefficient (Wildman–Crippen LogP) is 5.03. The van der Waals surface area contributed by atoms with Crippen LogP contribution in [0.1, 0.15) is 109 Å². The predicted molar refractivity (Wildman–Crippen MR) is 123 cm³/mol. The van der Waals surface area contributed by atoms with E-state index in [1.807, 2.05) is 0 Å². The topological polar surface area (TPSA) is 119 Å². The molecule has 2 rings (SSSR count). The van der Waals surface area contributed by atoms with E-state index in [-0.39, 0.29) is 0 Å². The van der Waals surface area contributed by atoms with Crippen molar-refractivity contribution >= 4 is 17.7 Å². The van der Waals surface area contributed by atoms with Crippen LogP contribution in [0.3, 0.4) is 0 Å². The molecule has 7 heteroatoms. The quantitative estimate of drug-likeness (QED) is 0.488. The molecule has 2 aliphatic rings. The highest BCUT2D eigenvalue weighted by atomic mass is 16.4. The van der Waals surface area contributed by atoms with Gasteiger partial charge in [-0.1, -0.05) is 63.9 Å². The van der Waals surface area contributed by atoms with Crippen LogP contribution in [0, 0.1) is 0 Å². The number of aliphatic carboxylic acids is 2. The van der Waals surface area contributed by atoms with Crippen molar-refractivity contribution in [2.45, 2.75) is 115 Å². The first-order valence-electron chi connectivity index (χ1n) is 12.1. The molecule has 1 aliphatic heterocycles. The maximum absolute atomic E-state index is 9.72. The third-order valence-corrected chi connectivity index (χ3v) is 5.73. The van der Waals surface area contributed by atoms with Gasteiger partial charge in [-0.05, 0) is 50.5 Å². The van der Waals surface area contributed by atoms with E-state index in [9.17, 15) is 9.59 Å². The Morgan fingerprint density at radius 2 is 1.39 bits per heavy atom. The molecule has 1 unspecified atom stereocenters.